The molecule has 0 aromatic carbocycles. The number of nitrogens with zero attached hydrogens (tertiary/aromatic N) is 2. The molecule has 1 rings (SSSR count). The molecule has 1 amide bonds. The van der Waals surface area contributed by atoms with Gasteiger partial charge in [-0.3, -0.25) is 9.79 Å². The summed E-state index contributed by atoms with van der Waals surface area (Å²) in [6, 6.07) is 0. The average Bonchev–Trinajstić information content (AvgIpc) is 2.60. The average molecular weight is 251 g/mol. The number of allylic oxidation sites excluding steroid dienone is 1. The Hall–Kier alpha value is -1.16. The molecule has 0 saturated carbocycles. The number of amides is 1. The molecule has 18 heavy (non-hydrogen) atoms. The first-order valence-corrected chi connectivity index (χ1v) is 6.78. The van der Waals surface area contributed by atoms with Crippen molar-refractivity contribution in [3.8, 4) is 0 Å². The number of carbonyl (C=O) groups is 1. The fraction of sp³-hybridized carbons (Fsp3) is 0.714. The largest absolute Gasteiger partial charge is 0.356 e. The van der Waals surface area contributed by atoms with Crippen LogP contribution in [0.3, 0.4) is 0 Å². The molecular formula is C14H25N3O. The van der Waals surface area contributed by atoms with Gasteiger partial charge in [-0.1, -0.05) is 6.08 Å². The maximum absolute atomic E-state index is 11.6. The summed E-state index contributed by atoms with van der Waals surface area (Å²) in [4.78, 5) is 17.9. The minimum atomic E-state index is 0.173. The second kappa shape index (κ2) is 8.86. The van der Waals surface area contributed by atoms with Gasteiger partial charge in [-0.25, -0.2) is 0 Å². The Balaban J connectivity index is 2.06. The molecule has 0 bridgehead atoms. The zero-order valence-corrected chi connectivity index (χ0v) is 11.6. The smallest absolute Gasteiger partial charge is 0.220 e. The van der Waals surface area contributed by atoms with E-state index in [4.69, 9.17) is 0 Å². The summed E-state index contributed by atoms with van der Waals surface area (Å²) in [5.41, 5.74) is 0. The summed E-state index contributed by atoms with van der Waals surface area (Å²) in [6.45, 7) is 1.80. The van der Waals surface area contributed by atoms with E-state index in [0.29, 0.717) is 12.3 Å². The van der Waals surface area contributed by atoms with Gasteiger partial charge in [-0.2, -0.15) is 0 Å². The molecular weight excluding hydrogens is 226 g/mol. The molecule has 1 heterocycles. The van der Waals surface area contributed by atoms with Gasteiger partial charge in [0.1, 0.15) is 0 Å². The van der Waals surface area contributed by atoms with Crippen LogP contribution in [-0.4, -0.2) is 44.2 Å². The fourth-order valence-corrected chi connectivity index (χ4v) is 1.96. The summed E-state index contributed by atoms with van der Waals surface area (Å²) in [6.07, 6.45) is 10.6. The van der Waals surface area contributed by atoms with Crippen molar-refractivity contribution in [2.24, 2.45) is 10.9 Å². The maximum atomic E-state index is 11.6. The Morgan fingerprint density at radius 1 is 1.50 bits per heavy atom. The Morgan fingerprint density at radius 3 is 3.11 bits per heavy atom. The Kier molecular flexibility index (Phi) is 7.34. The second-order valence-corrected chi connectivity index (χ2v) is 5.06. The summed E-state index contributed by atoms with van der Waals surface area (Å²) in [5.74, 6) is 0.673. The van der Waals surface area contributed by atoms with Crippen molar-refractivity contribution in [2.75, 3.05) is 27.2 Å². The molecule has 0 aromatic heterocycles. The molecule has 102 valence electrons. The van der Waals surface area contributed by atoms with Crippen LogP contribution < -0.4 is 5.32 Å². The highest BCUT2D eigenvalue weighted by atomic mass is 16.1. The molecule has 4 nitrogen and oxygen atoms in total. The molecule has 1 N–H and O–H groups in total. The van der Waals surface area contributed by atoms with Crippen LogP contribution in [0.4, 0.5) is 0 Å². The molecule has 0 aliphatic carbocycles. The van der Waals surface area contributed by atoms with E-state index >= 15 is 0 Å². The summed E-state index contributed by atoms with van der Waals surface area (Å²) in [5, 5.41) is 2.97. The molecule has 0 spiro atoms. The van der Waals surface area contributed by atoms with Crippen molar-refractivity contribution in [3.63, 3.8) is 0 Å². The first-order chi connectivity index (χ1) is 8.68. The van der Waals surface area contributed by atoms with Crippen LogP contribution in [0.5, 0.6) is 0 Å². The van der Waals surface area contributed by atoms with E-state index in [9.17, 15) is 4.79 Å². The summed E-state index contributed by atoms with van der Waals surface area (Å²) in [7, 11) is 4.09. The van der Waals surface area contributed by atoms with Crippen molar-refractivity contribution in [2.45, 2.75) is 32.1 Å². The van der Waals surface area contributed by atoms with Crippen molar-refractivity contribution in [1.29, 1.82) is 0 Å². The Morgan fingerprint density at radius 2 is 2.33 bits per heavy atom. The van der Waals surface area contributed by atoms with Crippen molar-refractivity contribution < 1.29 is 4.79 Å². The number of aliphatic imine (C=N–C) groups is 1. The second-order valence-electron chi connectivity index (χ2n) is 5.06. The van der Waals surface area contributed by atoms with Crippen molar-refractivity contribution >= 4 is 12.1 Å². The normalized spacial score (nSPS) is 18.9. The first-order valence-electron chi connectivity index (χ1n) is 6.78. The minimum absolute atomic E-state index is 0.173. The maximum Gasteiger partial charge on any atom is 0.220 e. The predicted octanol–water partition coefficient (Wildman–Crippen LogP) is 1.83. The quantitative estimate of drug-likeness (QED) is 0.702. The van der Waals surface area contributed by atoms with Gasteiger partial charge in [0.15, 0.2) is 0 Å². The van der Waals surface area contributed by atoms with E-state index in [1.807, 2.05) is 26.5 Å². The van der Waals surface area contributed by atoms with Gasteiger partial charge < -0.3 is 10.2 Å². The van der Waals surface area contributed by atoms with Gasteiger partial charge in [0.25, 0.3) is 0 Å². The zero-order valence-electron chi connectivity index (χ0n) is 11.6. The van der Waals surface area contributed by atoms with E-state index in [2.05, 4.69) is 21.3 Å². The van der Waals surface area contributed by atoms with Crippen LogP contribution in [0.1, 0.15) is 32.1 Å². The van der Waals surface area contributed by atoms with Gasteiger partial charge in [-0.15, -0.1) is 0 Å². The Bertz CT molecular complexity index is 297. The number of rotatable bonds is 7. The number of carbonyl (C=O) groups excluding carboxylic acids is 1. The Labute approximate surface area is 110 Å². The minimum Gasteiger partial charge on any atom is -0.356 e. The highest BCUT2D eigenvalue weighted by Crippen LogP contribution is 2.16. The van der Waals surface area contributed by atoms with Gasteiger partial charge >= 0.3 is 0 Å². The van der Waals surface area contributed by atoms with Crippen LogP contribution in [-0.2, 0) is 4.79 Å². The third-order valence-electron chi connectivity index (χ3n) is 3.06. The number of hydrogen-bond acceptors (Lipinski definition) is 3. The lowest BCUT2D eigenvalue weighted by atomic mass is 9.98. The molecule has 1 atom stereocenters. The van der Waals surface area contributed by atoms with Crippen LogP contribution in [0.15, 0.2) is 17.3 Å². The standard InChI is InChI=1S/C14H25N3O/c1-17(2)12-4-10-16-14(18)7-6-13-5-3-9-15-11-8-13/h8-9,11,13H,3-7,10,12H2,1-2H3,(H,16,18). The molecule has 0 saturated heterocycles. The van der Waals surface area contributed by atoms with E-state index in [-0.39, 0.29) is 5.91 Å². The van der Waals surface area contributed by atoms with E-state index in [0.717, 1.165) is 38.8 Å². The van der Waals surface area contributed by atoms with Gasteiger partial charge in [-0.05, 0) is 52.2 Å². The molecule has 1 aliphatic heterocycles. The highest BCUT2D eigenvalue weighted by molar-refractivity contribution is 5.75. The zero-order chi connectivity index (χ0) is 13.2. The number of hydrogen-bond donors (Lipinski definition) is 1. The van der Waals surface area contributed by atoms with Crippen LogP contribution in [0, 0.1) is 5.92 Å². The summed E-state index contributed by atoms with van der Waals surface area (Å²) >= 11 is 0. The topological polar surface area (TPSA) is 44.7 Å². The predicted molar refractivity (Wildman–Crippen MR) is 75.8 cm³/mol. The van der Waals surface area contributed by atoms with Crippen LogP contribution in [0.2, 0.25) is 0 Å². The van der Waals surface area contributed by atoms with Gasteiger partial charge in [0.05, 0.1) is 0 Å². The summed E-state index contributed by atoms with van der Waals surface area (Å²) < 4.78 is 0. The first kappa shape index (κ1) is 14.9. The third kappa shape index (κ3) is 7.22. The van der Waals surface area contributed by atoms with Gasteiger partial charge in [0, 0.05) is 25.4 Å². The van der Waals surface area contributed by atoms with E-state index < -0.39 is 0 Å². The molecule has 0 aromatic rings. The lowest BCUT2D eigenvalue weighted by Crippen LogP contribution is -2.27. The molecule has 0 radical (unpaired) electrons. The SMILES string of the molecule is CN(C)CCCNC(=O)CCC1C=CN=CCC1. The lowest BCUT2D eigenvalue weighted by molar-refractivity contribution is -0.121. The van der Waals surface area contributed by atoms with Crippen molar-refractivity contribution in [3.05, 3.63) is 12.3 Å². The molecule has 0 fully saturated rings. The molecule has 4 heteroatoms. The van der Waals surface area contributed by atoms with Crippen LogP contribution in [0.25, 0.3) is 0 Å². The number of nitrogens with one attached hydrogen (secondary N) is 1. The molecule has 1 aliphatic rings. The lowest BCUT2D eigenvalue weighted by Gasteiger charge is -2.11. The van der Waals surface area contributed by atoms with Crippen LogP contribution >= 0.6 is 0 Å². The third-order valence-corrected chi connectivity index (χ3v) is 3.06. The highest BCUT2D eigenvalue weighted by Gasteiger charge is 2.09. The van der Waals surface area contributed by atoms with E-state index in [1.54, 1.807) is 0 Å². The fourth-order valence-electron chi connectivity index (χ4n) is 1.96. The van der Waals surface area contributed by atoms with Crippen molar-refractivity contribution in [1.82, 2.24) is 10.2 Å². The van der Waals surface area contributed by atoms with E-state index in [1.165, 1.54) is 0 Å². The molecule has 1 unspecified atom stereocenters. The van der Waals surface area contributed by atoms with Gasteiger partial charge in [0.2, 0.25) is 5.91 Å². The monoisotopic (exact) mass is 251 g/mol.